The molecule has 1 amide bonds. The van der Waals surface area contributed by atoms with Crippen molar-refractivity contribution in [2.45, 2.75) is 18.9 Å². The van der Waals surface area contributed by atoms with E-state index in [1.54, 1.807) is 0 Å². The minimum absolute atomic E-state index is 0.120. The molecule has 4 N–H and O–H groups in total. The molecule has 0 aliphatic rings. The zero-order valence-corrected chi connectivity index (χ0v) is 23.0. The highest BCUT2D eigenvalue weighted by Crippen LogP contribution is 2.25. The van der Waals surface area contributed by atoms with E-state index in [0.29, 0.717) is 24.4 Å². The summed E-state index contributed by atoms with van der Waals surface area (Å²) in [6.45, 7) is 0.545. The standard InChI is InChI=1S/C20H19ClI3N5O/c21-10-17(25)26-7-3-6-16(19-27-14-4-1-2-5-15(14)28-19)29-20(30)12-8-11(22)9-13(23)18(12)24/h1-2,4-5,8-9,16H,3,6-7,10H2,(H2,25,26)(H,27,28)(H,29,30)/t16-/m0/s1. The molecular formula is C20H19ClI3N5O. The van der Waals surface area contributed by atoms with Crippen LogP contribution in [0.1, 0.15) is 35.1 Å². The molecule has 10 heteroatoms. The number of imidazole rings is 1. The summed E-state index contributed by atoms with van der Waals surface area (Å²) >= 11 is 12.4. The second-order valence-electron chi connectivity index (χ2n) is 6.56. The molecular weight excluding hydrogens is 742 g/mol. The third-order valence-corrected chi connectivity index (χ3v) is 8.33. The van der Waals surface area contributed by atoms with Crippen LogP contribution >= 0.6 is 79.4 Å². The fraction of sp³-hybridized carbons (Fsp3) is 0.250. The third kappa shape index (κ3) is 6.19. The third-order valence-electron chi connectivity index (χ3n) is 4.38. The summed E-state index contributed by atoms with van der Waals surface area (Å²) in [6, 6.07) is 11.5. The van der Waals surface area contributed by atoms with Crippen LogP contribution in [-0.4, -0.2) is 34.1 Å². The van der Waals surface area contributed by atoms with Crippen LogP contribution in [0.2, 0.25) is 0 Å². The first kappa shape index (κ1) is 24.0. The largest absolute Gasteiger partial charge is 0.386 e. The number of aromatic amines is 1. The van der Waals surface area contributed by atoms with Gasteiger partial charge in [-0.15, -0.1) is 11.6 Å². The molecule has 3 rings (SSSR count). The fourth-order valence-electron chi connectivity index (χ4n) is 2.93. The van der Waals surface area contributed by atoms with E-state index in [-0.39, 0.29) is 17.8 Å². The number of para-hydroxylation sites is 2. The van der Waals surface area contributed by atoms with Gasteiger partial charge in [-0.2, -0.15) is 0 Å². The van der Waals surface area contributed by atoms with Gasteiger partial charge in [0.25, 0.3) is 5.91 Å². The van der Waals surface area contributed by atoms with E-state index >= 15 is 0 Å². The van der Waals surface area contributed by atoms with Gasteiger partial charge in [0.15, 0.2) is 0 Å². The Morgan fingerprint density at radius 2 is 2.03 bits per heavy atom. The van der Waals surface area contributed by atoms with Crippen molar-refractivity contribution in [1.82, 2.24) is 15.3 Å². The Morgan fingerprint density at radius 3 is 2.77 bits per heavy atom. The van der Waals surface area contributed by atoms with Crippen LogP contribution in [0.15, 0.2) is 41.4 Å². The first-order valence-corrected chi connectivity index (χ1v) is 12.9. The second kappa shape index (κ2) is 11.3. The summed E-state index contributed by atoms with van der Waals surface area (Å²) in [5.74, 6) is 1.25. The van der Waals surface area contributed by atoms with Crippen LogP contribution in [0.5, 0.6) is 0 Å². The topological polar surface area (TPSA) is 96.2 Å². The lowest BCUT2D eigenvalue weighted by Gasteiger charge is -2.17. The molecule has 1 atom stereocenters. The summed E-state index contributed by atoms with van der Waals surface area (Å²) in [7, 11) is 0. The number of benzene rings is 2. The number of hydrogen-bond donors (Lipinski definition) is 3. The summed E-state index contributed by atoms with van der Waals surface area (Å²) in [6.07, 6.45) is 1.41. The molecule has 0 aliphatic heterocycles. The van der Waals surface area contributed by atoms with E-state index in [0.717, 1.165) is 34.0 Å². The molecule has 0 saturated carbocycles. The Balaban J connectivity index is 1.84. The van der Waals surface area contributed by atoms with E-state index in [9.17, 15) is 4.79 Å². The number of amides is 1. The number of hydrogen-bond acceptors (Lipinski definition) is 3. The molecule has 6 nitrogen and oxygen atoms in total. The van der Waals surface area contributed by atoms with Gasteiger partial charge in [-0.1, -0.05) is 12.1 Å². The van der Waals surface area contributed by atoms with Crippen LogP contribution in [0.4, 0.5) is 0 Å². The lowest BCUT2D eigenvalue weighted by atomic mass is 10.1. The Labute approximate surface area is 220 Å². The van der Waals surface area contributed by atoms with Crippen molar-refractivity contribution in [3.8, 4) is 0 Å². The number of carbonyl (C=O) groups is 1. The van der Waals surface area contributed by atoms with E-state index in [2.05, 4.69) is 89.1 Å². The zero-order chi connectivity index (χ0) is 21.7. The van der Waals surface area contributed by atoms with Crippen molar-refractivity contribution >= 4 is 102 Å². The van der Waals surface area contributed by atoms with E-state index < -0.39 is 0 Å². The summed E-state index contributed by atoms with van der Waals surface area (Å²) < 4.78 is 3.01. The molecule has 0 bridgehead atoms. The highest BCUT2D eigenvalue weighted by Gasteiger charge is 2.21. The maximum absolute atomic E-state index is 13.1. The summed E-state index contributed by atoms with van der Waals surface area (Å²) in [5.41, 5.74) is 8.15. The van der Waals surface area contributed by atoms with Gasteiger partial charge in [0.2, 0.25) is 0 Å². The quantitative estimate of drug-likeness (QED) is 0.0734. The van der Waals surface area contributed by atoms with Crippen LogP contribution in [0.25, 0.3) is 11.0 Å². The van der Waals surface area contributed by atoms with Gasteiger partial charge in [-0.3, -0.25) is 9.79 Å². The fourth-order valence-corrected chi connectivity index (χ4v) is 5.42. The van der Waals surface area contributed by atoms with Gasteiger partial charge >= 0.3 is 0 Å². The van der Waals surface area contributed by atoms with Crippen molar-refractivity contribution in [3.63, 3.8) is 0 Å². The van der Waals surface area contributed by atoms with Gasteiger partial charge in [0, 0.05) is 17.3 Å². The molecule has 0 aliphatic carbocycles. The van der Waals surface area contributed by atoms with Crippen molar-refractivity contribution in [1.29, 1.82) is 0 Å². The van der Waals surface area contributed by atoms with Crippen LogP contribution in [-0.2, 0) is 0 Å². The Kier molecular flexibility index (Phi) is 9.01. The number of rotatable bonds is 8. The molecule has 1 heterocycles. The number of nitrogens with one attached hydrogen (secondary N) is 2. The van der Waals surface area contributed by atoms with Crippen LogP contribution < -0.4 is 11.1 Å². The van der Waals surface area contributed by atoms with Gasteiger partial charge in [0.1, 0.15) is 11.7 Å². The smallest absolute Gasteiger partial charge is 0.253 e. The predicted molar refractivity (Wildman–Crippen MR) is 147 cm³/mol. The van der Waals surface area contributed by atoms with Gasteiger partial charge in [-0.05, 0) is 105 Å². The predicted octanol–water partition coefficient (Wildman–Crippen LogP) is 5.22. The lowest BCUT2D eigenvalue weighted by molar-refractivity contribution is 0.0931. The van der Waals surface area contributed by atoms with E-state index in [1.165, 1.54) is 0 Å². The van der Waals surface area contributed by atoms with Gasteiger partial charge in [-0.25, -0.2) is 4.98 Å². The molecule has 0 unspecified atom stereocenters. The molecule has 0 radical (unpaired) electrons. The number of aromatic nitrogens is 2. The van der Waals surface area contributed by atoms with Gasteiger partial charge in [0.05, 0.1) is 28.5 Å². The minimum atomic E-state index is -0.274. The van der Waals surface area contributed by atoms with E-state index in [1.807, 2.05) is 30.3 Å². The molecule has 0 fully saturated rings. The molecule has 30 heavy (non-hydrogen) atoms. The molecule has 0 spiro atoms. The number of nitrogens with two attached hydrogens (primary N) is 1. The Bertz CT molecular complexity index is 1050. The number of H-pyrrole nitrogens is 1. The molecule has 0 saturated heterocycles. The van der Waals surface area contributed by atoms with Crippen LogP contribution in [0.3, 0.4) is 0 Å². The average molecular weight is 762 g/mol. The highest BCUT2D eigenvalue weighted by atomic mass is 127. The van der Waals surface area contributed by atoms with E-state index in [4.69, 9.17) is 22.3 Å². The Hall–Kier alpha value is -0.670. The first-order valence-electron chi connectivity index (χ1n) is 9.14. The summed E-state index contributed by atoms with van der Waals surface area (Å²) in [5, 5.41) is 3.16. The number of carbonyl (C=O) groups excluding carboxylic acids is 1. The van der Waals surface area contributed by atoms with Crippen molar-refractivity contribution in [2.24, 2.45) is 10.7 Å². The second-order valence-corrected chi connectivity index (χ2v) is 10.3. The summed E-state index contributed by atoms with van der Waals surface area (Å²) in [4.78, 5) is 25.4. The van der Waals surface area contributed by atoms with Crippen molar-refractivity contribution < 1.29 is 4.79 Å². The number of amidine groups is 1. The minimum Gasteiger partial charge on any atom is -0.386 e. The molecule has 1 aromatic heterocycles. The average Bonchev–Trinajstić information content (AvgIpc) is 3.16. The maximum atomic E-state index is 13.1. The molecule has 2 aromatic carbocycles. The number of nitrogens with zero attached hydrogens (tertiary/aromatic N) is 2. The highest BCUT2D eigenvalue weighted by molar-refractivity contribution is 14.1. The van der Waals surface area contributed by atoms with Crippen LogP contribution in [0, 0.1) is 10.7 Å². The number of fused-ring (bicyclic) bond motifs is 1. The number of aliphatic imine (C=N–C) groups is 1. The number of alkyl halides is 1. The zero-order valence-electron chi connectivity index (χ0n) is 15.8. The van der Waals surface area contributed by atoms with Crippen molar-refractivity contribution in [3.05, 3.63) is 58.5 Å². The normalized spacial score (nSPS) is 12.9. The monoisotopic (exact) mass is 761 g/mol. The van der Waals surface area contributed by atoms with Crippen molar-refractivity contribution in [2.75, 3.05) is 12.4 Å². The maximum Gasteiger partial charge on any atom is 0.253 e. The first-order chi connectivity index (χ1) is 14.4. The SMILES string of the molecule is NC(CCl)=NCCC[C@H](NC(=O)c1cc(I)cc(I)c1I)c1nc2ccccc2[nH]1. The Morgan fingerprint density at radius 1 is 1.27 bits per heavy atom. The lowest BCUT2D eigenvalue weighted by Crippen LogP contribution is -2.30. The molecule has 158 valence electrons. The number of halogens is 4. The van der Waals surface area contributed by atoms with Gasteiger partial charge < -0.3 is 16.0 Å². The molecule has 3 aromatic rings.